The van der Waals surface area contributed by atoms with Gasteiger partial charge in [-0.1, -0.05) is 12.1 Å². The summed E-state index contributed by atoms with van der Waals surface area (Å²) in [6.45, 7) is 2.69. The standard InChI is InChI=1S/C18H17BrN4O2/c1-2-23(16-8-7-13(19)11-20-16)17(24)9-10-22-12-21-15-6-4-3-5-14(15)18(22)25/h3-8,11-12H,2,9-10H2,1H3. The van der Waals surface area contributed by atoms with Gasteiger partial charge in [0, 0.05) is 30.2 Å². The van der Waals surface area contributed by atoms with Gasteiger partial charge in [-0.2, -0.15) is 0 Å². The number of rotatable bonds is 5. The zero-order chi connectivity index (χ0) is 17.8. The van der Waals surface area contributed by atoms with Gasteiger partial charge in [-0.25, -0.2) is 9.97 Å². The molecule has 2 heterocycles. The van der Waals surface area contributed by atoms with Crippen molar-refractivity contribution in [1.29, 1.82) is 0 Å². The minimum Gasteiger partial charge on any atom is -0.298 e. The van der Waals surface area contributed by atoms with Crippen LogP contribution in [0.3, 0.4) is 0 Å². The molecular formula is C18H17BrN4O2. The van der Waals surface area contributed by atoms with Crippen LogP contribution in [0.4, 0.5) is 5.82 Å². The molecule has 0 bridgehead atoms. The van der Waals surface area contributed by atoms with Crippen LogP contribution in [0.25, 0.3) is 10.9 Å². The highest BCUT2D eigenvalue weighted by Crippen LogP contribution is 2.15. The molecule has 0 unspecified atom stereocenters. The first-order valence-corrected chi connectivity index (χ1v) is 8.75. The minimum absolute atomic E-state index is 0.0858. The first kappa shape index (κ1) is 17.3. The number of fused-ring (bicyclic) bond motifs is 1. The van der Waals surface area contributed by atoms with Crippen LogP contribution in [-0.4, -0.2) is 27.0 Å². The van der Waals surface area contributed by atoms with Crippen molar-refractivity contribution in [3.8, 4) is 0 Å². The van der Waals surface area contributed by atoms with Gasteiger partial charge in [0.1, 0.15) is 5.82 Å². The molecule has 0 aliphatic heterocycles. The molecule has 6 nitrogen and oxygen atoms in total. The molecule has 25 heavy (non-hydrogen) atoms. The number of benzene rings is 1. The molecule has 128 valence electrons. The summed E-state index contributed by atoms with van der Waals surface area (Å²) in [6, 6.07) is 10.8. The second-order valence-electron chi connectivity index (χ2n) is 5.48. The van der Waals surface area contributed by atoms with Gasteiger partial charge in [-0.05, 0) is 47.1 Å². The number of hydrogen-bond donors (Lipinski definition) is 0. The van der Waals surface area contributed by atoms with E-state index >= 15 is 0 Å². The Hall–Kier alpha value is -2.54. The minimum atomic E-state index is -0.136. The highest BCUT2D eigenvalue weighted by atomic mass is 79.9. The molecule has 0 spiro atoms. The van der Waals surface area contributed by atoms with Gasteiger partial charge >= 0.3 is 0 Å². The van der Waals surface area contributed by atoms with E-state index in [2.05, 4.69) is 25.9 Å². The second-order valence-corrected chi connectivity index (χ2v) is 6.40. The van der Waals surface area contributed by atoms with Gasteiger partial charge in [-0.15, -0.1) is 0 Å². The van der Waals surface area contributed by atoms with E-state index in [-0.39, 0.29) is 24.4 Å². The molecule has 7 heteroatoms. The molecule has 2 aromatic heterocycles. The molecule has 0 atom stereocenters. The van der Waals surface area contributed by atoms with E-state index in [9.17, 15) is 9.59 Å². The van der Waals surface area contributed by atoms with Crippen LogP contribution in [-0.2, 0) is 11.3 Å². The summed E-state index contributed by atoms with van der Waals surface area (Å²) in [5, 5.41) is 0.555. The van der Waals surface area contributed by atoms with E-state index < -0.39 is 0 Å². The number of carbonyl (C=O) groups excluding carboxylic acids is 1. The lowest BCUT2D eigenvalue weighted by Crippen LogP contribution is -2.33. The van der Waals surface area contributed by atoms with Gasteiger partial charge in [-0.3, -0.25) is 19.1 Å². The number of nitrogens with zero attached hydrogens (tertiary/aromatic N) is 4. The molecule has 1 aromatic carbocycles. The number of amides is 1. The number of halogens is 1. The Morgan fingerprint density at radius 1 is 1.20 bits per heavy atom. The van der Waals surface area contributed by atoms with Crippen LogP contribution >= 0.6 is 15.9 Å². The molecular weight excluding hydrogens is 384 g/mol. The summed E-state index contributed by atoms with van der Waals surface area (Å²) >= 11 is 3.33. The molecule has 0 saturated heterocycles. The van der Waals surface area contributed by atoms with Crippen LogP contribution in [0, 0.1) is 0 Å². The van der Waals surface area contributed by atoms with Gasteiger partial charge in [0.05, 0.1) is 17.2 Å². The lowest BCUT2D eigenvalue weighted by atomic mass is 10.2. The Kier molecular flexibility index (Phi) is 5.23. The Morgan fingerprint density at radius 2 is 2.00 bits per heavy atom. The first-order chi connectivity index (χ1) is 12.1. The third-order valence-electron chi connectivity index (χ3n) is 3.90. The predicted molar refractivity (Wildman–Crippen MR) is 101 cm³/mol. The van der Waals surface area contributed by atoms with Crippen molar-refractivity contribution in [3.63, 3.8) is 0 Å². The largest absolute Gasteiger partial charge is 0.298 e. The molecule has 0 aliphatic rings. The molecule has 3 aromatic rings. The number of aryl methyl sites for hydroxylation is 1. The van der Waals surface area contributed by atoms with Crippen LogP contribution in [0.1, 0.15) is 13.3 Å². The zero-order valence-corrected chi connectivity index (χ0v) is 15.3. The molecule has 1 amide bonds. The van der Waals surface area contributed by atoms with Gasteiger partial charge in [0.2, 0.25) is 5.91 Å². The van der Waals surface area contributed by atoms with E-state index in [0.717, 1.165) is 4.47 Å². The van der Waals surface area contributed by atoms with Crippen molar-refractivity contribution in [1.82, 2.24) is 14.5 Å². The smallest absolute Gasteiger partial charge is 0.261 e. The molecule has 3 rings (SSSR count). The maximum Gasteiger partial charge on any atom is 0.261 e. The average Bonchev–Trinajstić information content (AvgIpc) is 2.63. The number of aromatic nitrogens is 3. The topological polar surface area (TPSA) is 68.1 Å². The summed E-state index contributed by atoms with van der Waals surface area (Å²) < 4.78 is 2.33. The van der Waals surface area contributed by atoms with Gasteiger partial charge in [0.25, 0.3) is 5.56 Å². The van der Waals surface area contributed by atoms with Crippen molar-refractivity contribution < 1.29 is 4.79 Å². The lowest BCUT2D eigenvalue weighted by Gasteiger charge is -2.20. The van der Waals surface area contributed by atoms with E-state index in [1.807, 2.05) is 19.1 Å². The van der Waals surface area contributed by atoms with E-state index in [1.165, 1.54) is 10.9 Å². The van der Waals surface area contributed by atoms with Crippen LogP contribution in [0.2, 0.25) is 0 Å². The molecule has 0 radical (unpaired) electrons. The average molecular weight is 401 g/mol. The number of carbonyl (C=O) groups is 1. The summed E-state index contributed by atoms with van der Waals surface area (Å²) in [6.07, 6.45) is 3.35. The Bertz CT molecular complexity index is 953. The Morgan fingerprint density at radius 3 is 2.72 bits per heavy atom. The predicted octanol–water partition coefficient (Wildman–Crippen LogP) is 3.00. The summed E-state index contributed by atoms with van der Waals surface area (Å²) in [5.74, 6) is 0.511. The van der Waals surface area contributed by atoms with E-state index in [0.29, 0.717) is 23.3 Å². The maximum absolute atomic E-state index is 12.5. The fourth-order valence-electron chi connectivity index (χ4n) is 2.61. The van der Waals surface area contributed by atoms with E-state index in [4.69, 9.17) is 0 Å². The zero-order valence-electron chi connectivity index (χ0n) is 13.7. The fraction of sp³-hybridized carbons (Fsp3) is 0.222. The van der Waals surface area contributed by atoms with Crippen LogP contribution < -0.4 is 10.5 Å². The van der Waals surface area contributed by atoms with E-state index in [1.54, 1.807) is 35.4 Å². The fourth-order valence-corrected chi connectivity index (χ4v) is 2.84. The Labute approximate surface area is 153 Å². The van der Waals surface area contributed by atoms with Crippen molar-refractivity contribution in [2.45, 2.75) is 19.9 Å². The Balaban J connectivity index is 1.76. The number of para-hydroxylation sites is 1. The van der Waals surface area contributed by atoms with Gasteiger partial charge < -0.3 is 0 Å². The quantitative estimate of drug-likeness (QED) is 0.659. The number of pyridine rings is 1. The third kappa shape index (κ3) is 3.76. The normalized spacial score (nSPS) is 10.8. The summed E-state index contributed by atoms with van der Waals surface area (Å²) in [7, 11) is 0. The summed E-state index contributed by atoms with van der Waals surface area (Å²) in [5.41, 5.74) is 0.521. The molecule has 0 fully saturated rings. The monoisotopic (exact) mass is 400 g/mol. The highest BCUT2D eigenvalue weighted by molar-refractivity contribution is 9.10. The molecule has 0 aliphatic carbocycles. The third-order valence-corrected chi connectivity index (χ3v) is 4.37. The molecule has 0 N–H and O–H groups in total. The highest BCUT2D eigenvalue weighted by Gasteiger charge is 2.15. The maximum atomic E-state index is 12.5. The lowest BCUT2D eigenvalue weighted by molar-refractivity contribution is -0.118. The number of anilines is 1. The van der Waals surface area contributed by atoms with Crippen molar-refractivity contribution in [2.75, 3.05) is 11.4 Å². The molecule has 0 saturated carbocycles. The SMILES string of the molecule is CCN(C(=O)CCn1cnc2ccccc2c1=O)c1ccc(Br)cn1. The first-order valence-electron chi connectivity index (χ1n) is 7.96. The second kappa shape index (κ2) is 7.57. The van der Waals surface area contributed by atoms with Crippen LogP contribution in [0.5, 0.6) is 0 Å². The van der Waals surface area contributed by atoms with Crippen molar-refractivity contribution in [2.24, 2.45) is 0 Å². The van der Waals surface area contributed by atoms with Crippen molar-refractivity contribution in [3.05, 3.63) is 63.7 Å². The van der Waals surface area contributed by atoms with Crippen LogP contribution in [0.15, 0.2) is 58.2 Å². The summed E-state index contributed by atoms with van der Waals surface area (Å²) in [4.78, 5) is 35.2. The van der Waals surface area contributed by atoms with Crippen molar-refractivity contribution >= 4 is 38.6 Å². The number of hydrogen-bond acceptors (Lipinski definition) is 4. The van der Waals surface area contributed by atoms with Gasteiger partial charge in [0.15, 0.2) is 0 Å².